The molecule has 2 aromatic heterocycles. The molecule has 3 amide bonds. The summed E-state index contributed by atoms with van der Waals surface area (Å²) in [5.41, 5.74) is 6.08. The average molecular weight is 1110 g/mol. The third-order valence-electron chi connectivity index (χ3n) is 14.8. The number of para-hydroxylation sites is 3. The largest absolute Gasteiger partial charge is 0.495 e. The summed E-state index contributed by atoms with van der Waals surface area (Å²) in [6.07, 6.45) is 1.80. The fourth-order valence-corrected chi connectivity index (χ4v) is 17.2. The van der Waals surface area contributed by atoms with Crippen molar-refractivity contribution in [3.63, 3.8) is 0 Å². The Hall–Kier alpha value is -7.54. The van der Waals surface area contributed by atoms with Crippen LogP contribution in [0.3, 0.4) is 0 Å². The molecule has 6 aromatic rings. The quantitative estimate of drug-likeness (QED) is 0.0753. The second-order valence-corrected chi connectivity index (χ2v) is 23.1. The number of ether oxygens (including phenoxy) is 5. The number of methoxy groups -OCH3 is 5. The number of benzene rings is 4. The lowest BCUT2D eigenvalue weighted by Gasteiger charge is -2.51. The van der Waals surface area contributed by atoms with Crippen LogP contribution >= 0.6 is 35.3 Å². The van der Waals surface area contributed by atoms with Crippen LogP contribution in [0.4, 0.5) is 5.69 Å². The Bertz CT molecular complexity index is 3710. The molecule has 0 bridgehead atoms. The minimum absolute atomic E-state index is 0. The van der Waals surface area contributed by atoms with Gasteiger partial charge in [0.15, 0.2) is 5.78 Å². The van der Waals surface area contributed by atoms with Crippen LogP contribution in [0.2, 0.25) is 0 Å². The number of carbonyl (C=O) groups is 8. The summed E-state index contributed by atoms with van der Waals surface area (Å²) >= 11 is 2.70. The summed E-state index contributed by atoms with van der Waals surface area (Å²) in [6, 6.07) is 24.0. The van der Waals surface area contributed by atoms with Gasteiger partial charge in [0.05, 0.1) is 75.9 Å². The van der Waals surface area contributed by atoms with Gasteiger partial charge in [-0.3, -0.25) is 38.6 Å². The third kappa shape index (κ3) is 8.24. The Morgan fingerprint density at radius 3 is 1.92 bits per heavy atom. The van der Waals surface area contributed by atoms with Gasteiger partial charge in [0.1, 0.15) is 31.8 Å². The Morgan fingerprint density at radius 1 is 0.731 bits per heavy atom. The maximum absolute atomic E-state index is 14.3. The first-order valence-electron chi connectivity index (χ1n) is 24.5. The van der Waals surface area contributed by atoms with Crippen LogP contribution in [0.25, 0.3) is 49.2 Å². The van der Waals surface area contributed by atoms with Crippen LogP contribution in [0.1, 0.15) is 68.4 Å². The number of thioether (sulfide) groups is 3. The number of rotatable bonds is 9. The summed E-state index contributed by atoms with van der Waals surface area (Å²) in [6.45, 7) is 3.48. The molecule has 21 heteroatoms. The predicted molar refractivity (Wildman–Crippen MR) is 299 cm³/mol. The zero-order chi connectivity index (χ0) is 55.0. The lowest BCUT2D eigenvalue weighted by atomic mass is 9.83. The molecule has 4 aromatic carbocycles. The molecule has 78 heavy (non-hydrogen) atoms. The number of fused-ring (bicyclic) bond motifs is 13. The maximum Gasteiger partial charge on any atom is 0.345 e. The third-order valence-corrected chi connectivity index (χ3v) is 20.0. The highest BCUT2D eigenvalue weighted by Crippen LogP contribution is 2.71. The molecule has 0 saturated carbocycles. The second-order valence-electron chi connectivity index (χ2n) is 19.1. The van der Waals surface area contributed by atoms with E-state index in [-0.39, 0.29) is 48.0 Å². The van der Waals surface area contributed by atoms with Gasteiger partial charge < -0.3 is 32.8 Å². The van der Waals surface area contributed by atoms with Gasteiger partial charge in [0.2, 0.25) is 17.7 Å². The van der Waals surface area contributed by atoms with E-state index in [2.05, 4.69) is 52.6 Å². The first-order chi connectivity index (χ1) is 36.9. The highest BCUT2D eigenvalue weighted by Gasteiger charge is 2.65. The number of hydrogen-bond acceptors (Lipinski definition) is 17. The molecule has 0 N–H and O–H groups in total. The molecule has 2 unspecified atom stereocenters. The number of amides is 3. The highest BCUT2D eigenvalue weighted by molar-refractivity contribution is 8.24. The van der Waals surface area contributed by atoms with E-state index in [1.807, 2.05) is 18.2 Å². The van der Waals surface area contributed by atoms with Gasteiger partial charge in [0, 0.05) is 87.0 Å². The van der Waals surface area contributed by atoms with E-state index in [0.29, 0.717) is 35.4 Å². The number of esters is 4. The van der Waals surface area contributed by atoms with E-state index in [4.69, 9.17) is 23.7 Å². The lowest BCUT2D eigenvalue weighted by molar-refractivity contribution is -0.145. The van der Waals surface area contributed by atoms with Crippen molar-refractivity contribution < 1.29 is 62.0 Å². The fraction of sp³-hybridized carbons (Fsp3) is 0.351. The maximum atomic E-state index is 14.3. The topological polar surface area (TPSA) is 223 Å². The first kappa shape index (κ1) is 55.2. The molecular weight excluding hydrogens is 1060 g/mol. The number of anilines is 1. The van der Waals surface area contributed by atoms with E-state index >= 15 is 0 Å². The van der Waals surface area contributed by atoms with E-state index in [1.165, 1.54) is 28.3 Å². The molecule has 6 heterocycles. The van der Waals surface area contributed by atoms with E-state index in [0.717, 1.165) is 113 Å². The van der Waals surface area contributed by atoms with Crippen molar-refractivity contribution in [3.05, 3.63) is 98.8 Å². The number of aromatic nitrogens is 2. The molecule has 0 radical (unpaired) electrons. The van der Waals surface area contributed by atoms with Crippen molar-refractivity contribution in [1.29, 1.82) is 5.26 Å². The van der Waals surface area contributed by atoms with Crippen molar-refractivity contribution >= 4 is 138 Å². The zero-order valence-electron chi connectivity index (χ0n) is 43.2. The fourth-order valence-electron chi connectivity index (χ4n) is 11.6. The number of hydrogen-bond donors (Lipinski definition) is 0. The molecule has 2 saturated heterocycles. The van der Waals surface area contributed by atoms with E-state index < -0.39 is 68.3 Å². The Labute approximate surface area is 461 Å². The number of nitrogens with zero attached hydrogens (tertiary/aromatic N) is 5. The van der Waals surface area contributed by atoms with Crippen LogP contribution in [0, 0.1) is 11.3 Å². The molecule has 2 atom stereocenters. The normalized spacial score (nSPS) is 20.1. The second kappa shape index (κ2) is 21.0. The number of likely N-dealkylation sites (tertiary alicyclic amines) is 1. The molecule has 4 aliphatic heterocycles. The van der Waals surface area contributed by atoms with Gasteiger partial charge in [-0.25, -0.2) is 9.59 Å². The number of imide groups is 1. The SMILES string of the molecule is C.COC(=O)C1=C(C(=O)OC)C2(SC(C(=O)OC)C(C(=O)OC)S2)C2=C(S1)C(C)(C)N(C(=O)CN1C(=O)CCC1=O)c1c(OC)cccc12.Cn1c2ccccc2c2c3c(c4c5ccccc5n(CCC#N)c4c21)CCC3=O. The van der Waals surface area contributed by atoms with Crippen molar-refractivity contribution in [2.24, 2.45) is 7.05 Å². The van der Waals surface area contributed by atoms with Gasteiger partial charge in [-0.15, -0.1) is 23.5 Å². The molecule has 404 valence electrons. The van der Waals surface area contributed by atoms with Crippen LogP contribution in [-0.2, 0) is 72.5 Å². The summed E-state index contributed by atoms with van der Waals surface area (Å²) in [5, 5.41) is 11.4. The highest BCUT2D eigenvalue weighted by atomic mass is 32.2. The summed E-state index contributed by atoms with van der Waals surface area (Å²) in [7, 11) is 8.08. The van der Waals surface area contributed by atoms with Gasteiger partial charge in [0.25, 0.3) is 0 Å². The van der Waals surface area contributed by atoms with Crippen LogP contribution in [0.5, 0.6) is 5.75 Å². The van der Waals surface area contributed by atoms with Gasteiger partial charge >= 0.3 is 23.9 Å². The van der Waals surface area contributed by atoms with Gasteiger partial charge in [-0.1, -0.05) is 67.7 Å². The first-order valence-corrected chi connectivity index (χ1v) is 27.1. The summed E-state index contributed by atoms with van der Waals surface area (Å²) in [4.78, 5) is 109. The van der Waals surface area contributed by atoms with E-state index in [9.17, 15) is 43.6 Å². The number of Topliss-reactive ketones (excluding diaryl/α,β-unsaturated/α-hetero) is 1. The van der Waals surface area contributed by atoms with Crippen LogP contribution in [-0.4, -0.2) is 124 Å². The number of nitriles is 1. The minimum atomic E-state index is -1.71. The zero-order valence-corrected chi connectivity index (χ0v) is 45.7. The minimum Gasteiger partial charge on any atom is -0.495 e. The number of aryl methyl sites for hydroxylation is 3. The van der Waals surface area contributed by atoms with Crippen LogP contribution < -0.4 is 9.64 Å². The van der Waals surface area contributed by atoms with Crippen molar-refractivity contribution in [2.75, 3.05) is 47.0 Å². The number of carbonyl (C=O) groups excluding carboxylic acids is 8. The smallest absolute Gasteiger partial charge is 0.345 e. The molecule has 18 nitrogen and oxygen atoms in total. The number of ketones is 1. The average Bonchev–Trinajstić information content (AvgIpc) is 3.44. The molecule has 5 aliphatic rings. The van der Waals surface area contributed by atoms with E-state index in [1.54, 1.807) is 32.0 Å². The summed E-state index contributed by atoms with van der Waals surface area (Å²) in [5.74, 6) is -4.46. The molecule has 1 spiro atoms. The van der Waals surface area contributed by atoms with Crippen molar-refractivity contribution in [1.82, 2.24) is 14.0 Å². The predicted octanol–water partition coefficient (Wildman–Crippen LogP) is 8.40. The summed E-state index contributed by atoms with van der Waals surface area (Å²) < 4.78 is 29.0. The van der Waals surface area contributed by atoms with Crippen molar-refractivity contribution in [2.45, 2.75) is 80.0 Å². The molecule has 1 aliphatic carbocycles. The van der Waals surface area contributed by atoms with Gasteiger partial charge in [-0.2, -0.15) is 5.26 Å². The van der Waals surface area contributed by atoms with Crippen molar-refractivity contribution in [3.8, 4) is 11.8 Å². The molecule has 11 rings (SSSR count). The molecular formula is C57H55N5O13S3. The Kier molecular flexibility index (Phi) is 14.9. The molecule has 2 fully saturated rings. The Morgan fingerprint density at radius 2 is 1.33 bits per heavy atom. The standard InChI is InChI=1S/C31H32N2O12S3.C25H19N3O.CH4/c1-30(2)25-19(14-9-8-10-15(41-3)21(14)33(30)18(36)13-32-16(34)11-12-17(32)35)31(20(26(37)42-4)22(46-25)27(38)43-5)47-23(28(39)44-6)24(48-31)29(40)45-7;1-27-18-9-4-2-7-15(18)23-22-17(11-12-20(22)29)21-16-8-3-5-10-19(16)28(14-6-13-26)25(21)24(23)27;/h8-10,23-24H,11-13H2,1-7H3;2-5,7-10H,6,11-12,14H2,1H3;1H4. The lowest BCUT2D eigenvalue weighted by Crippen LogP contribution is -2.56. The van der Waals surface area contributed by atoms with Crippen LogP contribution in [0.15, 0.2) is 82.1 Å². The Balaban J connectivity index is 0.000000209. The monoisotopic (exact) mass is 1110 g/mol. The van der Waals surface area contributed by atoms with Gasteiger partial charge in [-0.05, 0) is 44.0 Å².